The van der Waals surface area contributed by atoms with Crippen molar-refractivity contribution in [3.63, 3.8) is 0 Å². The number of nitrogens with two attached hydrogens (primary N) is 1. The molecule has 3 N–H and O–H groups in total. The number of fused-ring (bicyclic) bond motifs is 1. The van der Waals surface area contributed by atoms with E-state index in [4.69, 9.17) is 10.1 Å². The summed E-state index contributed by atoms with van der Waals surface area (Å²) in [5.41, 5.74) is 3.74. The molecule has 2 heterocycles. The first-order valence-corrected chi connectivity index (χ1v) is 15.3. The molecule has 3 aromatic rings. The Morgan fingerprint density at radius 1 is 1.03 bits per heavy atom. The molecule has 0 saturated heterocycles. The van der Waals surface area contributed by atoms with Crippen molar-refractivity contribution < 1.29 is 9.18 Å². The maximum absolute atomic E-state index is 13.7. The lowest BCUT2D eigenvalue weighted by atomic mass is 10.00. The molecule has 0 spiro atoms. The van der Waals surface area contributed by atoms with E-state index in [1.54, 1.807) is 12.1 Å². The number of unbranched alkanes of at least 4 members (excludes halogenated alkanes) is 6. The number of halogens is 1. The average Bonchev–Trinajstić information content (AvgIpc) is 3.30. The Bertz CT molecular complexity index is 1190. The largest absolute Gasteiger partial charge is 0.340 e. The number of carbonyl (C=O) groups excluding carboxylic acids is 1. The first kappa shape index (κ1) is 29.2. The van der Waals surface area contributed by atoms with Crippen LogP contribution >= 0.6 is 11.9 Å². The number of hydrogen-bond donors (Lipinski definition) is 2. The summed E-state index contributed by atoms with van der Waals surface area (Å²) in [4.78, 5) is 20.5. The molecule has 0 bridgehead atoms. The van der Waals surface area contributed by atoms with Crippen molar-refractivity contribution >= 4 is 29.4 Å². The van der Waals surface area contributed by atoms with Crippen molar-refractivity contribution in [2.75, 3.05) is 17.6 Å². The zero-order valence-electron chi connectivity index (χ0n) is 23.3. The third kappa shape index (κ3) is 7.85. The summed E-state index contributed by atoms with van der Waals surface area (Å²) in [6.07, 6.45) is 9.49. The number of hydrogen-bond acceptors (Lipinski definition) is 5. The number of nitrogens with zero attached hydrogens (tertiary/aromatic N) is 3. The lowest BCUT2D eigenvalue weighted by Gasteiger charge is -2.31. The summed E-state index contributed by atoms with van der Waals surface area (Å²) in [5.74, 6) is 2.16. The predicted octanol–water partition coefficient (Wildman–Crippen LogP) is 7.45. The molecule has 0 fully saturated rings. The zero-order chi connectivity index (χ0) is 27.6. The topological polar surface area (TPSA) is 76.2 Å². The van der Waals surface area contributed by atoms with Crippen LogP contribution in [-0.4, -0.2) is 32.7 Å². The Kier molecular flexibility index (Phi) is 10.9. The molecule has 1 aliphatic rings. The van der Waals surface area contributed by atoms with Crippen molar-refractivity contribution in [2.24, 2.45) is 11.1 Å². The van der Waals surface area contributed by atoms with Gasteiger partial charge in [-0.3, -0.25) is 9.93 Å². The smallest absolute Gasteiger partial charge is 0.227 e. The van der Waals surface area contributed by atoms with Gasteiger partial charge in [0.05, 0.1) is 6.54 Å². The molecule has 0 aliphatic carbocycles. The van der Waals surface area contributed by atoms with Crippen LogP contribution in [0.3, 0.4) is 0 Å². The van der Waals surface area contributed by atoms with Crippen molar-refractivity contribution in [2.45, 2.75) is 78.3 Å². The van der Waals surface area contributed by atoms with E-state index < -0.39 is 0 Å². The second-order valence-corrected chi connectivity index (χ2v) is 11.2. The Hall–Kier alpha value is -2.84. The molecule has 6 nitrogen and oxygen atoms in total. The minimum atomic E-state index is -0.280. The summed E-state index contributed by atoms with van der Waals surface area (Å²) < 4.78 is 15.8. The summed E-state index contributed by atoms with van der Waals surface area (Å²) >= 11 is 1.26. The van der Waals surface area contributed by atoms with Crippen molar-refractivity contribution in [3.8, 4) is 11.3 Å². The molecule has 8 heteroatoms. The number of aromatic nitrogens is 2. The fourth-order valence-electron chi connectivity index (χ4n) is 5.23. The highest BCUT2D eigenvalue weighted by Crippen LogP contribution is 2.34. The third-order valence-corrected chi connectivity index (χ3v) is 8.11. The van der Waals surface area contributed by atoms with Gasteiger partial charge in [-0.2, -0.15) is 0 Å². The first-order chi connectivity index (χ1) is 19.0. The minimum absolute atomic E-state index is 0.0705. The normalized spacial score (nSPS) is 13.8. The van der Waals surface area contributed by atoms with Gasteiger partial charge < -0.3 is 14.8 Å². The number of aryl methyl sites for hydroxylation is 1. The van der Waals surface area contributed by atoms with E-state index in [-0.39, 0.29) is 17.6 Å². The van der Waals surface area contributed by atoms with E-state index in [9.17, 15) is 9.18 Å². The highest BCUT2D eigenvalue weighted by Gasteiger charge is 2.30. The maximum Gasteiger partial charge on any atom is 0.227 e. The van der Waals surface area contributed by atoms with Crippen LogP contribution in [0.2, 0.25) is 0 Å². The summed E-state index contributed by atoms with van der Waals surface area (Å²) in [6, 6.07) is 14.6. The highest BCUT2D eigenvalue weighted by atomic mass is 32.2. The monoisotopic (exact) mass is 551 g/mol. The molecule has 2 aromatic carbocycles. The number of imidazole rings is 1. The van der Waals surface area contributed by atoms with E-state index in [0.29, 0.717) is 25.4 Å². The standard InChI is InChI=1S/C31H42FN5OS/c1-3-4-5-6-7-8-9-10-25(22-39-33)31(38)36-19-20-37-28(21-36)35-29(24-13-15-26(32)16-14-24)30(37)34-27-17-11-23(2)12-18-27/h11-18,25,34H,3-10,19-22,33H2,1-2H3. The second-order valence-electron chi connectivity index (χ2n) is 10.6. The Morgan fingerprint density at radius 3 is 2.41 bits per heavy atom. The van der Waals surface area contributed by atoms with Crippen molar-refractivity contribution in [3.05, 3.63) is 65.7 Å². The SMILES string of the molecule is CCCCCCCCCC(CSN)C(=O)N1CCn2c(nc(-c3ccc(F)cc3)c2Nc2ccc(C)cc2)C1. The number of anilines is 2. The summed E-state index contributed by atoms with van der Waals surface area (Å²) in [6.45, 7) is 6.01. The van der Waals surface area contributed by atoms with Crippen LogP contribution in [0.15, 0.2) is 48.5 Å². The Balaban J connectivity index is 1.49. The van der Waals surface area contributed by atoms with Crippen LogP contribution < -0.4 is 10.5 Å². The van der Waals surface area contributed by atoms with Crippen LogP contribution in [0, 0.1) is 18.7 Å². The number of nitrogens with one attached hydrogen (secondary N) is 1. The fraction of sp³-hybridized carbons (Fsp3) is 0.484. The van der Waals surface area contributed by atoms with Gasteiger partial charge in [-0.05, 0) is 49.7 Å². The molecule has 0 saturated carbocycles. The lowest BCUT2D eigenvalue weighted by Crippen LogP contribution is -2.42. The van der Waals surface area contributed by atoms with Gasteiger partial charge in [0.1, 0.15) is 23.2 Å². The lowest BCUT2D eigenvalue weighted by molar-refractivity contribution is -0.136. The van der Waals surface area contributed by atoms with Gasteiger partial charge >= 0.3 is 0 Å². The maximum atomic E-state index is 13.7. The third-order valence-electron chi connectivity index (χ3n) is 7.52. The van der Waals surface area contributed by atoms with Crippen LogP contribution in [0.25, 0.3) is 11.3 Å². The van der Waals surface area contributed by atoms with Crippen LogP contribution in [0.1, 0.15) is 69.7 Å². The van der Waals surface area contributed by atoms with Crippen LogP contribution in [0.4, 0.5) is 15.9 Å². The molecule has 1 amide bonds. The van der Waals surface area contributed by atoms with Crippen molar-refractivity contribution in [1.29, 1.82) is 0 Å². The molecule has 210 valence electrons. The number of carbonyl (C=O) groups is 1. The van der Waals surface area contributed by atoms with Gasteiger partial charge in [-0.1, -0.05) is 81.5 Å². The van der Waals surface area contributed by atoms with Gasteiger partial charge in [0.2, 0.25) is 5.91 Å². The van der Waals surface area contributed by atoms with E-state index in [0.717, 1.165) is 41.4 Å². The van der Waals surface area contributed by atoms with Gasteiger partial charge in [-0.25, -0.2) is 9.37 Å². The number of rotatable bonds is 14. The van der Waals surface area contributed by atoms with Gasteiger partial charge in [0.25, 0.3) is 0 Å². The molecular formula is C31H42FN5OS. The van der Waals surface area contributed by atoms with Crippen molar-refractivity contribution in [1.82, 2.24) is 14.5 Å². The Labute approximate surface area is 236 Å². The first-order valence-electron chi connectivity index (χ1n) is 14.3. The molecule has 39 heavy (non-hydrogen) atoms. The van der Waals surface area contributed by atoms with Crippen LogP contribution in [0.5, 0.6) is 0 Å². The molecular weight excluding hydrogens is 509 g/mol. The molecule has 4 rings (SSSR count). The molecule has 1 aromatic heterocycles. The summed E-state index contributed by atoms with van der Waals surface area (Å²) in [7, 11) is 0. The minimum Gasteiger partial charge on any atom is -0.340 e. The highest BCUT2D eigenvalue weighted by molar-refractivity contribution is 7.97. The van der Waals surface area contributed by atoms with E-state index >= 15 is 0 Å². The molecule has 0 radical (unpaired) electrons. The molecule has 1 atom stereocenters. The zero-order valence-corrected chi connectivity index (χ0v) is 24.1. The summed E-state index contributed by atoms with van der Waals surface area (Å²) in [5, 5.41) is 9.38. The molecule has 1 unspecified atom stereocenters. The Morgan fingerprint density at radius 2 is 1.72 bits per heavy atom. The van der Waals surface area contributed by atoms with E-state index in [1.807, 2.05) is 17.0 Å². The van der Waals surface area contributed by atoms with Gasteiger partial charge in [-0.15, -0.1) is 0 Å². The average molecular weight is 552 g/mol. The number of amides is 1. The fourth-order valence-corrected chi connectivity index (χ4v) is 5.77. The number of benzene rings is 2. The molecule has 1 aliphatic heterocycles. The van der Waals surface area contributed by atoms with Gasteiger partial charge in [0, 0.05) is 36.0 Å². The van der Waals surface area contributed by atoms with E-state index in [1.165, 1.54) is 68.2 Å². The van der Waals surface area contributed by atoms with E-state index in [2.05, 4.69) is 35.9 Å². The second kappa shape index (κ2) is 14.5. The predicted molar refractivity (Wildman–Crippen MR) is 160 cm³/mol. The quantitative estimate of drug-likeness (QED) is 0.161. The van der Waals surface area contributed by atoms with Gasteiger partial charge in [0.15, 0.2) is 0 Å². The van der Waals surface area contributed by atoms with Crippen LogP contribution in [-0.2, 0) is 17.9 Å².